The highest BCUT2D eigenvalue weighted by Crippen LogP contribution is 2.23. The first kappa shape index (κ1) is 18.0. The van der Waals surface area contributed by atoms with Gasteiger partial charge in [-0.1, -0.05) is 18.2 Å². The van der Waals surface area contributed by atoms with Crippen molar-refractivity contribution in [2.45, 2.75) is 39.7 Å². The molecule has 0 spiro atoms. The monoisotopic (exact) mass is 331 g/mol. The molecule has 0 atom stereocenters. The number of hydrogen-bond acceptors (Lipinski definition) is 4. The molecule has 0 aromatic heterocycles. The van der Waals surface area contributed by atoms with Crippen LogP contribution in [0.25, 0.3) is 5.57 Å². The van der Waals surface area contributed by atoms with E-state index in [-0.39, 0.29) is 12.1 Å². The van der Waals surface area contributed by atoms with E-state index in [1.807, 2.05) is 32.9 Å². The normalized spacial score (nSPS) is 14.8. The standard InChI is InChI=1S/C19H25NO4/c1-5-23-17(21)15-10-8-14(9-11-15)16-7-6-12-20(13-16)18(22)24-19(2,3)4/h7-11H,5-6,12-13H2,1-4H3. The third-order valence-corrected chi connectivity index (χ3v) is 3.57. The molecular formula is C19H25NO4. The van der Waals surface area contributed by atoms with E-state index < -0.39 is 5.60 Å². The van der Waals surface area contributed by atoms with E-state index >= 15 is 0 Å². The summed E-state index contributed by atoms with van der Waals surface area (Å²) in [4.78, 5) is 25.6. The number of esters is 1. The van der Waals surface area contributed by atoms with Gasteiger partial charge in [0.2, 0.25) is 0 Å². The second-order valence-electron chi connectivity index (χ2n) is 6.72. The van der Waals surface area contributed by atoms with E-state index in [0.29, 0.717) is 25.3 Å². The largest absolute Gasteiger partial charge is 0.462 e. The first-order valence-corrected chi connectivity index (χ1v) is 8.24. The third kappa shape index (κ3) is 4.85. The van der Waals surface area contributed by atoms with Gasteiger partial charge in [0.05, 0.1) is 12.2 Å². The molecule has 0 saturated carbocycles. The van der Waals surface area contributed by atoms with Gasteiger partial charge in [-0.25, -0.2) is 9.59 Å². The Hall–Kier alpha value is -2.30. The van der Waals surface area contributed by atoms with Crippen molar-refractivity contribution in [3.8, 4) is 0 Å². The molecule has 1 aromatic rings. The molecule has 2 rings (SSSR count). The highest BCUT2D eigenvalue weighted by molar-refractivity contribution is 5.90. The van der Waals surface area contributed by atoms with E-state index in [1.54, 1.807) is 24.0 Å². The highest BCUT2D eigenvalue weighted by atomic mass is 16.6. The summed E-state index contributed by atoms with van der Waals surface area (Å²) in [6.07, 6.45) is 2.62. The van der Waals surface area contributed by atoms with Crippen LogP contribution in [0.4, 0.5) is 4.79 Å². The molecule has 1 aliphatic heterocycles. The second-order valence-corrected chi connectivity index (χ2v) is 6.72. The van der Waals surface area contributed by atoms with Crippen LogP contribution in [-0.2, 0) is 9.47 Å². The molecule has 5 nitrogen and oxygen atoms in total. The first-order chi connectivity index (χ1) is 11.3. The SMILES string of the molecule is CCOC(=O)c1ccc(C2=CCCN(C(=O)OC(C)(C)C)C2)cc1. The second kappa shape index (κ2) is 7.51. The lowest BCUT2D eigenvalue weighted by atomic mass is 10.00. The van der Waals surface area contributed by atoms with E-state index in [1.165, 1.54) is 0 Å². The van der Waals surface area contributed by atoms with Crippen molar-refractivity contribution in [1.82, 2.24) is 4.90 Å². The molecular weight excluding hydrogens is 306 g/mol. The Morgan fingerprint density at radius 3 is 2.42 bits per heavy atom. The van der Waals surface area contributed by atoms with Gasteiger partial charge >= 0.3 is 12.1 Å². The van der Waals surface area contributed by atoms with Gasteiger partial charge in [-0.15, -0.1) is 0 Å². The maximum atomic E-state index is 12.2. The summed E-state index contributed by atoms with van der Waals surface area (Å²) in [5, 5.41) is 0. The van der Waals surface area contributed by atoms with Gasteiger partial charge in [-0.05, 0) is 57.4 Å². The number of ether oxygens (including phenoxy) is 2. The van der Waals surface area contributed by atoms with Crippen molar-refractivity contribution < 1.29 is 19.1 Å². The van der Waals surface area contributed by atoms with Crippen LogP contribution in [0.1, 0.15) is 50.0 Å². The smallest absolute Gasteiger partial charge is 0.410 e. The Kier molecular flexibility index (Phi) is 5.65. The fourth-order valence-electron chi connectivity index (χ4n) is 2.47. The molecule has 0 aliphatic carbocycles. The summed E-state index contributed by atoms with van der Waals surface area (Å²) in [5.74, 6) is -0.322. The maximum absolute atomic E-state index is 12.2. The molecule has 1 aromatic carbocycles. The van der Waals surface area contributed by atoms with Gasteiger partial charge in [-0.2, -0.15) is 0 Å². The van der Waals surface area contributed by atoms with Crippen molar-refractivity contribution in [2.75, 3.05) is 19.7 Å². The van der Waals surface area contributed by atoms with Gasteiger partial charge < -0.3 is 14.4 Å². The van der Waals surface area contributed by atoms with Crippen LogP contribution in [0.15, 0.2) is 30.3 Å². The average Bonchev–Trinajstić information content (AvgIpc) is 2.54. The molecule has 0 fully saturated rings. The van der Waals surface area contributed by atoms with Crippen molar-refractivity contribution in [2.24, 2.45) is 0 Å². The van der Waals surface area contributed by atoms with Gasteiger partial charge in [0.1, 0.15) is 5.60 Å². The molecule has 24 heavy (non-hydrogen) atoms. The molecule has 1 heterocycles. The quantitative estimate of drug-likeness (QED) is 0.789. The van der Waals surface area contributed by atoms with Crippen molar-refractivity contribution in [3.63, 3.8) is 0 Å². The Morgan fingerprint density at radius 2 is 1.83 bits per heavy atom. The minimum absolute atomic E-state index is 0.295. The molecule has 1 amide bonds. The van der Waals surface area contributed by atoms with E-state index in [0.717, 1.165) is 17.6 Å². The molecule has 0 saturated heterocycles. The number of carbonyl (C=O) groups excluding carboxylic acids is 2. The van der Waals surface area contributed by atoms with Crippen LogP contribution in [-0.4, -0.2) is 42.3 Å². The lowest BCUT2D eigenvalue weighted by molar-refractivity contribution is 0.0272. The van der Waals surface area contributed by atoms with Crippen molar-refractivity contribution in [1.29, 1.82) is 0 Å². The van der Waals surface area contributed by atoms with Crippen molar-refractivity contribution >= 4 is 17.6 Å². The first-order valence-electron chi connectivity index (χ1n) is 8.24. The molecule has 130 valence electrons. The van der Waals surface area contributed by atoms with Gasteiger partial charge in [-0.3, -0.25) is 0 Å². The van der Waals surface area contributed by atoms with Crippen LogP contribution in [0, 0.1) is 0 Å². The summed E-state index contributed by atoms with van der Waals surface area (Å²) >= 11 is 0. The fraction of sp³-hybridized carbons (Fsp3) is 0.474. The van der Waals surface area contributed by atoms with Gasteiger partial charge in [0.25, 0.3) is 0 Å². The van der Waals surface area contributed by atoms with Crippen LogP contribution in [0.2, 0.25) is 0 Å². The number of hydrogen-bond donors (Lipinski definition) is 0. The Bertz CT molecular complexity index is 626. The minimum Gasteiger partial charge on any atom is -0.462 e. The average molecular weight is 331 g/mol. The number of nitrogens with zero attached hydrogens (tertiary/aromatic N) is 1. The molecule has 0 N–H and O–H groups in total. The highest BCUT2D eigenvalue weighted by Gasteiger charge is 2.24. The van der Waals surface area contributed by atoms with Crippen LogP contribution >= 0.6 is 0 Å². The number of carbonyl (C=O) groups is 2. The number of rotatable bonds is 3. The van der Waals surface area contributed by atoms with E-state index in [2.05, 4.69) is 6.08 Å². The zero-order chi connectivity index (χ0) is 17.7. The number of amides is 1. The molecule has 1 aliphatic rings. The van der Waals surface area contributed by atoms with Crippen LogP contribution in [0.3, 0.4) is 0 Å². The predicted molar refractivity (Wildman–Crippen MR) is 92.8 cm³/mol. The maximum Gasteiger partial charge on any atom is 0.410 e. The summed E-state index contributed by atoms with van der Waals surface area (Å²) in [6, 6.07) is 7.27. The summed E-state index contributed by atoms with van der Waals surface area (Å²) in [7, 11) is 0. The molecule has 0 bridgehead atoms. The minimum atomic E-state index is -0.500. The Morgan fingerprint density at radius 1 is 1.17 bits per heavy atom. The molecule has 5 heteroatoms. The van der Waals surface area contributed by atoms with Crippen LogP contribution in [0.5, 0.6) is 0 Å². The summed E-state index contributed by atoms with van der Waals surface area (Å²) in [6.45, 7) is 8.88. The topological polar surface area (TPSA) is 55.8 Å². The number of benzene rings is 1. The Balaban J connectivity index is 2.05. The zero-order valence-electron chi connectivity index (χ0n) is 14.8. The van der Waals surface area contributed by atoms with E-state index in [9.17, 15) is 9.59 Å². The Labute approximate surface area is 143 Å². The fourth-order valence-corrected chi connectivity index (χ4v) is 2.47. The third-order valence-electron chi connectivity index (χ3n) is 3.57. The van der Waals surface area contributed by atoms with E-state index in [4.69, 9.17) is 9.47 Å². The lowest BCUT2D eigenvalue weighted by Crippen LogP contribution is -2.39. The molecule has 0 unspecified atom stereocenters. The van der Waals surface area contributed by atoms with Crippen molar-refractivity contribution in [3.05, 3.63) is 41.5 Å². The lowest BCUT2D eigenvalue weighted by Gasteiger charge is -2.30. The van der Waals surface area contributed by atoms with Gasteiger partial charge in [0, 0.05) is 13.1 Å². The summed E-state index contributed by atoms with van der Waals surface area (Å²) in [5.41, 5.74) is 2.08. The zero-order valence-corrected chi connectivity index (χ0v) is 14.8. The predicted octanol–water partition coefficient (Wildman–Crippen LogP) is 3.89. The summed E-state index contributed by atoms with van der Waals surface area (Å²) < 4.78 is 10.4. The van der Waals surface area contributed by atoms with Crippen LogP contribution < -0.4 is 0 Å². The molecule has 0 radical (unpaired) electrons. The van der Waals surface area contributed by atoms with Gasteiger partial charge in [0.15, 0.2) is 0 Å².